The van der Waals surface area contributed by atoms with Crippen LogP contribution in [0.25, 0.3) is 0 Å². The van der Waals surface area contributed by atoms with Crippen molar-refractivity contribution >= 4 is 27.6 Å². The van der Waals surface area contributed by atoms with Gasteiger partial charge in [-0.25, -0.2) is 4.99 Å². The standard InChI is InChI=1S/C11H14BrN3O/c1-15(6-9-7-16-11(13)14-9)10-4-2-8(12)3-5-10/h2-5,9H,6-7H2,1H3,(H2,13,14)/t9-/m1/s1. The number of rotatable bonds is 3. The molecule has 1 heterocycles. The van der Waals surface area contributed by atoms with Crippen molar-refractivity contribution in [1.29, 1.82) is 0 Å². The maximum Gasteiger partial charge on any atom is 0.282 e. The quantitative estimate of drug-likeness (QED) is 0.917. The van der Waals surface area contributed by atoms with Gasteiger partial charge in [0.15, 0.2) is 0 Å². The number of aliphatic imine (C=N–C) groups is 1. The third-order valence-electron chi connectivity index (χ3n) is 2.49. The Morgan fingerprint density at radius 2 is 2.19 bits per heavy atom. The Labute approximate surface area is 103 Å². The van der Waals surface area contributed by atoms with Gasteiger partial charge in [-0.3, -0.25) is 0 Å². The molecule has 0 saturated carbocycles. The molecule has 1 aliphatic heterocycles. The van der Waals surface area contributed by atoms with Gasteiger partial charge in [0, 0.05) is 23.8 Å². The number of hydrogen-bond acceptors (Lipinski definition) is 4. The molecule has 1 aromatic rings. The summed E-state index contributed by atoms with van der Waals surface area (Å²) in [4.78, 5) is 6.33. The molecule has 5 heteroatoms. The van der Waals surface area contributed by atoms with E-state index in [-0.39, 0.29) is 6.04 Å². The summed E-state index contributed by atoms with van der Waals surface area (Å²) in [7, 11) is 2.03. The van der Waals surface area contributed by atoms with Crippen LogP contribution < -0.4 is 10.6 Å². The van der Waals surface area contributed by atoms with E-state index >= 15 is 0 Å². The number of nitrogens with zero attached hydrogens (tertiary/aromatic N) is 2. The fraction of sp³-hybridized carbons (Fsp3) is 0.364. The molecule has 16 heavy (non-hydrogen) atoms. The van der Waals surface area contributed by atoms with Crippen molar-refractivity contribution in [2.45, 2.75) is 6.04 Å². The van der Waals surface area contributed by atoms with Gasteiger partial charge in [0.05, 0.1) is 0 Å². The van der Waals surface area contributed by atoms with E-state index in [4.69, 9.17) is 10.5 Å². The molecular weight excluding hydrogens is 270 g/mol. The van der Waals surface area contributed by atoms with Crippen LogP contribution in [0.1, 0.15) is 0 Å². The molecule has 0 amide bonds. The van der Waals surface area contributed by atoms with Gasteiger partial charge in [-0.2, -0.15) is 0 Å². The van der Waals surface area contributed by atoms with Crippen molar-refractivity contribution in [2.24, 2.45) is 10.7 Å². The second kappa shape index (κ2) is 4.74. The fourth-order valence-corrected chi connectivity index (χ4v) is 1.91. The largest absolute Gasteiger partial charge is 0.463 e. The fourth-order valence-electron chi connectivity index (χ4n) is 1.65. The molecule has 0 bridgehead atoms. The smallest absolute Gasteiger partial charge is 0.282 e. The molecule has 0 unspecified atom stereocenters. The summed E-state index contributed by atoms with van der Waals surface area (Å²) in [5.74, 6) is 0. The number of halogens is 1. The highest BCUT2D eigenvalue weighted by Crippen LogP contribution is 2.18. The maximum absolute atomic E-state index is 5.46. The summed E-state index contributed by atoms with van der Waals surface area (Å²) >= 11 is 3.41. The van der Waals surface area contributed by atoms with E-state index in [1.165, 1.54) is 0 Å². The van der Waals surface area contributed by atoms with E-state index in [0.717, 1.165) is 16.7 Å². The first-order valence-electron chi connectivity index (χ1n) is 5.08. The highest BCUT2D eigenvalue weighted by atomic mass is 79.9. The van der Waals surface area contributed by atoms with Gasteiger partial charge in [0.2, 0.25) is 0 Å². The first-order chi connectivity index (χ1) is 7.65. The number of hydrogen-bond donors (Lipinski definition) is 1. The predicted molar refractivity (Wildman–Crippen MR) is 68.8 cm³/mol. The van der Waals surface area contributed by atoms with Gasteiger partial charge in [0.1, 0.15) is 12.6 Å². The highest BCUT2D eigenvalue weighted by molar-refractivity contribution is 9.10. The van der Waals surface area contributed by atoms with Crippen LogP contribution in [0.15, 0.2) is 33.7 Å². The number of nitrogens with two attached hydrogens (primary N) is 1. The van der Waals surface area contributed by atoms with Gasteiger partial charge in [-0.05, 0) is 24.3 Å². The van der Waals surface area contributed by atoms with Gasteiger partial charge < -0.3 is 15.4 Å². The Morgan fingerprint density at radius 1 is 1.50 bits per heavy atom. The summed E-state index contributed by atoms with van der Waals surface area (Å²) in [5.41, 5.74) is 6.62. The second-order valence-electron chi connectivity index (χ2n) is 3.79. The number of amidine groups is 1. The van der Waals surface area contributed by atoms with Crippen molar-refractivity contribution in [3.8, 4) is 0 Å². The summed E-state index contributed by atoms with van der Waals surface area (Å²) in [5, 5.41) is 0. The van der Waals surface area contributed by atoms with Gasteiger partial charge >= 0.3 is 0 Å². The molecule has 1 aliphatic rings. The van der Waals surface area contributed by atoms with Crippen LogP contribution in [0.5, 0.6) is 0 Å². The molecule has 2 rings (SSSR count). The Bertz CT molecular complexity index is 391. The number of likely N-dealkylation sites (N-methyl/N-ethyl adjacent to an activating group) is 1. The normalized spacial score (nSPS) is 19.1. The van der Waals surface area contributed by atoms with Crippen LogP contribution in [-0.4, -0.2) is 32.3 Å². The van der Waals surface area contributed by atoms with Gasteiger partial charge in [-0.1, -0.05) is 15.9 Å². The summed E-state index contributed by atoms with van der Waals surface area (Å²) in [6.45, 7) is 1.38. The lowest BCUT2D eigenvalue weighted by molar-refractivity contribution is 0.314. The molecule has 4 nitrogen and oxygen atoms in total. The van der Waals surface area contributed by atoms with Gasteiger partial charge in [-0.15, -0.1) is 0 Å². The maximum atomic E-state index is 5.46. The minimum Gasteiger partial charge on any atom is -0.463 e. The molecule has 1 aromatic carbocycles. The lowest BCUT2D eigenvalue weighted by atomic mass is 10.2. The van der Waals surface area contributed by atoms with Crippen LogP contribution in [0.2, 0.25) is 0 Å². The summed E-state index contributed by atoms with van der Waals surface area (Å²) < 4.78 is 6.19. The lowest BCUT2D eigenvalue weighted by Gasteiger charge is -2.20. The van der Waals surface area contributed by atoms with E-state index in [1.807, 2.05) is 19.2 Å². The molecule has 2 N–H and O–H groups in total. The number of ether oxygens (including phenoxy) is 1. The SMILES string of the molecule is CN(C[C@@H]1COC(N)=N1)c1ccc(Br)cc1. The van der Waals surface area contributed by atoms with Crippen LogP contribution in [0, 0.1) is 0 Å². The first kappa shape index (κ1) is 11.3. The zero-order chi connectivity index (χ0) is 11.5. The average Bonchev–Trinajstić information content (AvgIpc) is 2.65. The van der Waals surface area contributed by atoms with Crippen molar-refractivity contribution in [3.05, 3.63) is 28.7 Å². The van der Waals surface area contributed by atoms with E-state index in [2.05, 4.69) is 38.0 Å². The third-order valence-corrected chi connectivity index (χ3v) is 3.01. The Balaban J connectivity index is 1.97. The van der Waals surface area contributed by atoms with E-state index in [0.29, 0.717) is 12.6 Å². The van der Waals surface area contributed by atoms with E-state index < -0.39 is 0 Å². The lowest BCUT2D eigenvalue weighted by Crippen LogP contribution is -2.28. The monoisotopic (exact) mass is 283 g/mol. The second-order valence-corrected chi connectivity index (χ2v) is 4.70. The topological polar surface area (TPSA) is 50.9 Å². The molecular formula is C11H14BrN3O. The first-order valence-corrected chi connectivity index (χ1v) is 5.87. The highest BCUT2D eigenvalue weighted by Gasteiger charge is 2.18. The molecule has 0 radical (unpaired) electrons. The van der Waals surface area contributed by atoms with E-state index in [9.17, 15) is 0 Å². The van der Waals surface area contributed by atoms with Crippen molar-refractivity contribution in [3.63, 3.8) is 0 Å². The third kappa shape index (κ3) is 2.66. The molecule has 0 saturated heterocycles. The molecule has 0 fully saturated rings. The molecule has 0 aliphatic carbocycles. The number of anilines is 1. The van der Waals surface area contributed by atoms with Crippen LogP contribution in [0.4, 0.5) is 5.69 Å². The van der Waals surface area contributed by atoms with Crippen LogP contribution >= 0.6 is 15.9 Å². The minimum absolute atomic E-state index is 0.133. The summed E-state index contributed by atoms with van der Waals surface area (Å²) in [6, 6.07) is 8.60. The molecule has 86 valence electrons. The van der Waals surface area contributed by atoms with Crippen LogP contribution in [0.3, 0.4) is 0 Å². The van der Waals surface area contributed by atoms with Crippen molar-refractivity contribution in [1.82, 2.24) is 0 Å². The van der Waals surface area contributed by atoms with Crippen molar-refractivity contribution in [2.75, 3.05) is 25.1 Å². The van der Waals surface area contributed by atoms with Gasteiger partial charge in [0.25, 0.3) is 6.02 Å². The van der Waals surface area contributed by atoms with Crippen molar-refractivity contribution < 1.29 is 4.74 Å². The van der Waals surface area contributed by atoms with E-state index in [1.54, 1.807) is 0 Å². The number of benzene rings is 1. The molecule has 1 atom stereocenters. The Morgan fingerprint density at radius 3 is 2.75 bits per heavy atom. The zero-order valence-electron chi connectivity index (χ0n) is 9.06. The Hall–Kier alpha value is -1.23. The molecule has 0 aromatic heterocycles. The van der Waals surface area contributed by atoms with Crippen LogP contribution in [-0.2, 0) is 4.74 Å². The minimum atomic E-state index is 0.133. The zero-order valence-corrected chi connectivity index (χ0v) is 10.6. The molecule has 0 spiro atoms. The average molecular weight is 284 g/mol. The predicted octanol–water partition coefficient (Wildman–Crippen LogP) is 1.60. The Kier molecular flexibility index (Phi) is 3.33. The summed E-state index contributed by atoms with van der Waals surface area (Å²) in [6.07, 6.45) is 0.